The molecule has 0 aliphatic carbocycles. The first-order chi connectivity index (χ1) is 11.2. The summed E-state index contributed by atoms with van der Waals surface area (Å²) in [6.45, 7) is 2.44. The highest BCUT2D eigenvalue weighted by molar-refractivity contribution is 5.87. The van der Waals surface area contributed by atoms with Crippen LogP contribution in [0.3, 0.4) is 0 Å². The van der Waals surface area contributed by atoms with Crippen LogP contribution in [0.1, 0.15) is 17.4 Å². The van der Waals surface area contributed by atoms with Gasteiger partial charge in [0.1, 0.15) is 5.75 Å². The summed E-state index contributed by atoms with van der Waals surface area (Å²) in [5.41, 5.74) is 2.27. The number of carbonyl (C=O) groups is 1. The van der Waals surface area contributed by atoms with Crippen molar-refractivity contribution in [3.05, 3.63) is 66.4 Å². The van der Waals surface area contributed by atoms with Gasteiger partial charge in [-0.1, -0.05) is 30.3 Å². The Kier molecular flexibility index (Phi) is 4.10. The fourth-order valence-electron chi connectivity index (χ4n) is 2.40. The van der Waals surface area contributed by atoms with Crippen LogP contribution in [0.2, 0.25) is 0 Å². The Labute approximate surface area is 133 Å². The van der Waals surface area contributed by atoms with Crippen LogP contribution < -0.4 is 4.74 Å². The molecule has 1 N–H and O–H groups in total. The number of rotatable bonds is 5. The Balaban J connectivity index is 2.21. The summed E-state index contributed by atoms with van der Waals surface area (Å²) in [7, 11) is 0. The highest BCUT2D eigenvalue weighted by Crippen LogP contribution is 2.32. The normalized spacial score (nSPS) is 10.5. The average molecular weight is 308 g/mol. The van der Waals surface area contributed by atoms with Gasteiger partial charge >= 0.3 is 5.97 Å². The number of ether oxygens (including phenoxy) is 1. The predicted molar refractivity (Wildman–Crippen MR) is 87.1 cm³/mol. The molecule has 5 heteroatoms. The monoisotopic (exact) mass is 308 g/mol. The zero-order valence-corrected chi connectivity index (χ0v) is 12.6. The smallest absolute Gasteiger partial charge is 0.356 e. The molecule has 2 aromatic carbocycles. The summed E-state index contributed by atoms with van der Waals surface area (Å²) < 4.78 is 7.29. The maximum absolute atomic E-state index is 11.3. The molecule has 0 spiro atoms. The van der Waals surface area contributed by atoms with Gasteiger partial charge in [0.2, 0.25) is 0 Å². The molecule has 23 heavy (non-hydrogen) atoms. The Hall–Kier alpha value is -3.08. The maximum atomic E-state index is 11.3. The zero-order chi connectivity index (χ0) is 16.2. The van der Waals surface area contributed by atoms with Gasteiger partial charge in [-0.2, -0.15) is 5.10 Å². The molecule has 0 aliphatic rings. The van der Waals surface area contributed by atoms with E-state index in [0.29, 0.717) is 18.1 Å². The van der Waals surface area contributed by atoms with Gasteiger partial charge < -0.3 is 9.84 Å². The van der Waals surface area contributed by atoms with E-state index in [1.165, 1.54) is 0 Å². The second-order valence-electron chi connectivity index (χ2n) is 4.90. The minimum absolute atomic E-state index is 0.00449. The van der Waals surface area contributed by atoms with Gasteiger partial charge in [0.15, 0.2) is 5.69 Å². The average Bonchev–Trinajstić information content (AvgIpc) is 3.02. The lowest BCUT2D eigenvalue weighted by Gasteiger charge is -2.12. The molecule has 0 atom stereocenters. The van der Waals surface area contributed by atoms with Crippen molar-refractivity contribution >= 4 is 5.97 Å². The molecule has 0 bridgehead atoms. The largest absolute Gasteiger partial charge is 0.493 e. The van der Waals surface area contributed by atoms with Gasteiger partial charge in [-0.05, 0) is 37.3 Å². The van der Waals surface area contributed by atoms with Gasteiger partial charge in [0.05, 0.1) is 18.0 Å². The van der Waals surface area contributed by atoms with Crippen LogP contribution in [0.4, 0.5) is 0 Å². The first-order valence-corrected chi connectivity index (χ1v) is 7.31. The van der Waals surface area contributed by atoms with Crippen LogP contribution in [-0.4, -0.2) is 27.5 Å². The molecule has 3 rings (SSSR count). The number of hydrogen-bond donors (Lipinski definition) is 1. The Morgan fingerprint density at radius 2 is 1.83 bits per heavy atom. The zero-order valence-electron chi connectivity index (χ0n) is 12.6. The van der Waals surface area contributed by atoms with E-state index < -0.39 is 5.97 Å². The highest BCUT2D eigenvalue weighted by Gasteiger charge is 2.18. The van der Waals surface area contributed by atoms with E-state index in [0.717, 1.165) is 11.3 Å². The molecule has 0 amide bonds. The van der Waals surface area contributed by atoms with Gasteiger partial charge in [-0.3, -0.25) is 0 Å². The number of aromatic carboxylic acids is 1. The van der Waals surface area contributed by atoms with Crippen LogP contribution in [0.15, 0.2) is 60.7 Å². The van der Waals surface area contributed by atoms with Crippen LogP contribution in [0.25, 0.3) is 16.9 Å². The van der Waals surface area contributed by atoms with Crippen molar-refractivity contribution in [3.63, 3.8) is 0 Å². The second-order valence-corrected chi connectivity index (χ2v) is 4.90. The van der Waals surface area contributed by atoms with E-state index in [1.807, 2.05) is 61.5 Å². The molecular formula is C18H16N2O3. The molecule has 0 saturated heterocycles. The number of para-hydroxylation sites is 2. The van der Waals surface area contributed by atoms with Crippen molar-refractivity contribution < 1.29 is 14.6 Å². The van der Waals surface area contributed by atoms with Crippen molar-refractivity contribution in [2.45, 2.75) is 6.92 Å². The lowest BCUT2D eigenvalue weighted by Crippen LogP contribution is -2.02. The lowest BCUT2D eigenvalue weighted by atomic mass is 10.1. The lowest BCUT2D eigenvalue weighted by molar-refractivity contribution is 0.0690. The quantitative estimate of drug-likeness (QED) is 0.781. The highest BCUT2D eigenvalue weighted by atomic mass is 16.5. The van der Waals surface area contributed by atoms with Crippen molar-refractivity contribution in [3.8, 4) is 22.7 Å². The summed E-state index contributed by atoms with van der Waals surface area (Å²) in [5.74, 6) is -0.362. The van der Waals surface area contributed by atoms with Crippen molar-refractivity contribution in [2.75, 3.05) is 6.61 Å². The first kappa shape index (κ1) is 14.8. The molecule has 0 aliphatic heterocycles. The molecule has 5 nitrogen and oxygen atoms in total. The summed E-state index contributed by atoms with van der Waals surface area (Å²) in [4.78, 5) is 11.3. The van der Waals surface area contributed by atoms with Crippen molar-refractivity contribution in [1.29, 1.82) is 0 Å². The molecule has 0 unspecified atom stereocenters. The van der Waals surface area contributed by atoms with Gasteiger partial charge in [0.25, 0.3) is 0 Å². The molecule has 3 aromatic rings. The number of carboxylic acid groups (broad SMARTS) is 1. The topological polar surface area (TPSA) is 64.3 Å². The van der Waals surface area contributed by atoms with Crippen LogP contribution in [0.5, 0.6) is 5.75 Å². The van der Waals surface area contributed by atoms with Gasteiger partial charge in [0, 0.05) is 5.56 Å². The second kappa shape index (κ2) is 6.36. The maximum Gasteiger partial charge on any atom is 0.356 e. The van der Waals surface area contributed by atoms with Crippen LogP contribution in [-0.2, 0) is 0 Å². The molecule has 1 heterocycles. The predicted octanol–water partition coefficient (Wildman–Crippen LogP) is 3.64. The van der Waals surface area contributed by atoms with Crippen LogP contribution >= 0.6 is 0 Å². The fraction of sp³-hybridized carbons (Fsp3) is 0.111. The molecule has 1 aromatic heterocycles. The molecule has 116 valence electrons. The third kappa shape index (κ3) is 2.94. The summed E-state index contributed by atoms with van der Waals surface area (Å²) in [6.07, 6.45) is 0. The van der Waals surface area contributed by atoms with Gasteiger partial charge in [-0.25, -0.2) is 9.48 Å². The number of benzene rings is 2. The van der Waals surface area contributed by atoms with E-state index >= 15 is 0 Å². The molecular weight excluding hydrogens is 292 g/mol. The van der Waals surface area contributed by atoms with E-state index in [1.54, 1.807) is 10.7 Å². The van der Waals surface area contributed by atoms with Crippen LogP contribution in [0, 0.1) is 0 Å². The summed E-state index contributed by atoms with van der Waals surface area (Å²) in [5, 5.41) is 13.5. The van der Waals surface area contributed by atoms with E-state index in [4.69, 9.17) is 4.74 Å². The Bertz CT molecular complexity index is 825. The Morgan fingerprint density at radius 1 is 1.13 bits per heavy atom. The van der Waals surface area contributed by atoms with Crippen molar-refractivity contribution in [2.24, 2.45) is 0 Å². The molecule has 0 fully saturated rings. The number of carboxylic acids is 1. The number of nitrogens with zero attached hydrogens (tertiary/aromatic N) is 2. The summed E-state index contributed by atoms with van der Waals surface area (Å²) in [6, 6.07) is 18.5. The van der Waals surface area contributed by atoms with Crippen molar-refractivity contribution in [1.82, 2.24) is 9.78 Å². The number of hydrogen-bond acceptors (Lipinski definition) is 3. The minimum atomic E-state index is -1.06. The first-order valence-electron chi connectivity index (χ1n) is 7.31. The van der Waals surface area contributed by atoms with E-state index in [9.17, 15) is 9.90 Å². The fourth-order valence-corrected chi connectivity index (χ4v) is 2.40. The standard InChI is InChI=1S/C18H16N2O3/c1-2-23-17-11-7-6-10-14(17)16-12-15(18(21)22)19-20(16)13-8-4-3-5-9-13/h3-12H,2H2,1H3,(H,21,22). The SMILES string of the molecule is CCOc1ccccc1-c1cc(C(=O)O)nn1-c1ccccc1. The van der Waals surface area contributed by atoms with E-state index in [-0.39, 0.29) is 5.69 Å². The minimum Gasteiger partial charge on any atom is -0.493 e. The third-order valence-electron chi connectivity index (χ3n) is 3.39. The third-order valence-corrected chi connectivity index (χ3v) is 3.39. The summed E-state index contributed by atoms with van der Waals surface area (Å²) >= 11 is 0. The Morgan fingerprint density at radius 3 is 2.52 bits per heavy atom. The molecule has 0 saturated carbocycles. The van der Waals surface area contributed by atoms with E-state index in [2.05, 4.69) is 5.10 Å². The molecule has 0 radical (unpaired) electrons. The van der Waals surface area contributed by atoms with Gasteiger partial charge in [-0.15, -0.1) is 0 Å². The number of aromatic nitrogens is 2.